The molecular formula is C15H22FNO2. The van der Waals surface area contributed by atoms with E-state index in [0.717, 1.165) is 31.2 Å². The maximum absolute atomic E-state index is 13.6. The van der Waals surface area contributed by atoms with E-state index in [4.69, 9.17) is 4.74 Å². The molecular weight excluding hydrogens is 245 g/mol. The Morgan fingerprint density at radius 1 is 1.42 bits per heavy atom. The van der Waals surface area contributed by atoms with Gasteiger partial charge in [0.15, 0.2) is 11.6 Å². The molecule has 0 radical (unpaired) electrons. The average molecular weight is 267 g/mol. The monoisotopic (exact) mass is 267 g/mol. The molecule has 1 saturated carbocycles. The quantitative estimate of drug-likeness (QED) is 0.879. The predicted octanol–water partition coefficient (Wildman–Crippen LogP) is 2.27. The summed E-state index contributed by atoms with van der Waals surface area (Å²) in [5, 5.41) is 13.8. The lowest BCUT2D eigenvalue weighted by atomic mass is 9.78. The molecule has 0 atom stereocenters. The first-order valence-corrected chi connectivity index (χ1v) is 6.78. The molecule has 1 aliphatic carbocycles. The van der Waals surface area contributed by atoms with Crippen LogP contribution in [0.1, 0.15) is 31.2 Å². The molecule has 19 heavy (non-hydrogen) atoms. The third-order valence-corrected chi connectivity index (χ3v) is 4.07. The second kappa shape index (κ2) is 5.88. The Morgan fingerprint density at radius 3 is 2.63 bits per heavy atom. The third-order valence-electron chi connectivity index (χ3n) is 4.07. The van der Waals surface area contributed by atoms with E-state index >= 15 is 0 Å². The summed E-state index contributed by atoms with van der Waals surface area (Å²) >= 11 is 0. The number of hydrogen-bond donors (Lipinski definition) is 2. The van der Waals surface area contributed by atoms with Gasteiger partial charge in [0.25, 0.3) is 0 Å². The first-order chi connectivity index (χ1) is 9.06. The van der Waals surface area contributed by atoms with Crippen molar-refractivity contribution in [3.63, 3.8) is 0 Å². The van der Waals surface area contributed by atoms with Gasteiger partial charge >= 0.3 is 0 Å². The maximum Gasteiger partial charge on any atom is 0.165 e. The maximum atomic E-state index is 13.6. The molecule has 0 bridgehead atoms. The van der Waals surface area contributed by atoms with Crippen molar-refractivity contribution in [3.8, 4) is 5.75 Å². The molecule has 2 rings (SSSR count). The highest BCUT2D eigenvalue weighted by Gasteiger charge is 2.32. The van der Waals surface area contributed by atoms with E-state index in [1.165, 1.54) is 13.2 Å². The van der Waals surface area contributed by atoms with Crippen LogP contribution in [0.2, 0.25) is 0 Å². The fraction of sp³-hybridized carbons (Fsp3) is 0.600. The first kappa shape index (κ1) is 14.3. The van der Waals surface area contributed by atoms with Gasteiger partial charge in [0.2, 0.25) is 0 Å². The van der Waals surface area contributed by atoms with Crippen LogP contribution in [0.15, 0.2) is 18.2 Å². The van der Waals surface area contributed by atoms with Crippen LogP contribution >= 0.6 is 0 Å². The Hall–Kier alpha value is -1.13. The zero-order chi connectivity index (χ0) is 13.9. The molecule has 106 valence electrons. The van der Waals surface area contributed by atoms with E-state index in [2.05, 4.69) is 5.32 Å². The van der Waals surface area contributed by atoms with Gasteiger partial charge in [-0.3, -0.25) is 0 Å². The van der Waals surface area contributed by atoms with Gasteiger partial charge in [0.1, 0.15) is 0 Å². The van der Waals surface area contributed by atoms with Crippen LogP contribution in [-0.4, -0.2) is 30.9 Å². The lowest BCUT2D eigenvalue weighted by Gasteiger charge is -2.36. The van der Waals surface area contributed by atoms with E-state index in [9.17, 15) is 9.50 Å². The minimum absolute atomic E-state index is 0.245. The molecule has 1 aliphatic rings. The fourth-order valence-electron chi connectivity index (χ4n) is 2.82. The van der Waals surface area contributed by atoms with Crippen molar-refractivity contribution >= 4 is 0 Å². The molecule has 0 unspecified atom stereocenters. The van der Waals surface area contributed by atoms with Crippen LogP contribution in [0.4, 0.5) is 4.39 Å². The molecule has 0 aromatic heterocycles. The second-order valence-corrected chi connectivity index (χ2v) is 5.43. The van der Waals surface area contributed by atoms with E-state index in [-0.39, 0.29) is 11.6 Å². The fourth-order valence-corrected chi connectivity index (χ4v) is 2.82. The number of benzene rings is 1. The van der Waals surface area contributed by atoms with Gasteiger partial charge in [-0.25, -0.2) is 4.39 Å². The molecule has 4 heteroatoms. The van der Waals surface area contributed by atoms with E-state index < -0.39 is 5.60 Å². The minimum Gasteiger partial charge on any atom is -0.494 e. The van der Waals surface area contributed by atoms with Crippen LogP contribution < -0.4 is 10.1 Å². The molecule has 1 aromatic carbocycles. The minimum atomic E-state index is -0.700. The highest BCUT2D eigenvalue weighted by Crippen LogP contribution is 2.32. The highest BCUT2D eigenvalue weighted by molar-refractivity contribution is 5.30. The largest absolute Gasteiger partial charge is 0.494 e. The molecule has 1 fully saturated rings. The number of nitrogens with one attached hydrogen (secondary N) is 1. The van der Waals surface area contributed by atoms with Crippen molar-refractivity contribution in [2.45, 2.75) is 43.7 Å². The van der Waals surface area contributed by atoms with Crippen molar-refractivity contribution in [1.82, 2.24) is 5.32 Å². The summed E-state index contributed by atoms with van der Waals surface area (Å²) in [5.74, 6) is -0.123. The van der Waals surface area contributed by atoms with Crippen LogP contribution in [0, 0.1) is 5.82 Å². The lowest BCUT2D eigenvalue weighted by Crippen LogP contribution is -2.41. The van der Waals surface area contributed by atoms with Gasteiger partial charge in [-0.15, -0.1) is 0 Å². The second-order valence-electron chi connectivity index (χ2n) is 5.43. The van der Waals surface area contributed by atoms with E-state index in [1.807, 2.05) is 13.1 Å². The Balaban J connectivity index is 2.02. The summed E-state index contributed by atoms with van der Waals surface area (Å²) in [6, 6.07) is 5.39. The third kappa shape index (κ3) is 3.45. The van der Waals surface area contributed by atoms with Gasteiger partial charge < -0.3 is 15.2 Å². The predicted molar refractivity (Wildman–Crippen MR) is 72.9 cm³/mol. The molecule has 0 heterocycles. The average Bonchev–Trinajstić information content (AvgIpc) is 2.39. The van der Waals surface area contributed by atoms with Crippen molar-refractivity contribution < 1.29 is 14.2 Å². The molecule has 0 amide bonds. The van der Waals surface area contributed by atoms with Crippen LogP contribution in [0.3, 0.4) is 0 Å². The summed E-state index contributed by atoms with van der Waals surface area (Å²) in [5.41, 5.74) is 0.123. The van der Waals surface area contributed by atoms with Crippen LogP contribution in [-0.2, 0) is 6.42 Å². The number of methoxy groups -OCH3 is 1. The zero-order valence-corrected chi connectivity index (χ0v) is 11.6. The highest BCUT2D eigenvalue weighted by atomic mass is 19.1. The van der Waals surface area contributed by atoms with Crippen LogP contribution in [0.5, 0.6) is 5.75 Å². The number of aliphatic hydroxyl groups is 1. The first-order valence-electron chi connectivity index (χ1n) is 6.78. The summed E-state index contributed by atoms with van der Waals surface area (Å²) < 4.78 is 18.5. The summed E-state index contributed by atoms with van der Waals surface area (Å²) in [4.78, 5) is 0. The van der Waals surface area contributed by atoms with Crippen molar-refractivity contribution in [2.24, 2.45) is 0 Å². The molecule has 0 aliphatic heterocycles. The molecule has 0 spiro atoms. The SMILES string of the molecule is CNC1CCC(O)(Cc2ccc(OC)c(F)c2)CC1. The van der Waals surface area contributed by atoms with Gasteiger partial charge in [0, 0.05) is 12.5 Å². The van der Waals surface area contributed by atoms with Gasteiger partial charge in [-0.05, 0) is 50.4 Å². The summed E-state index contributed by atoms with van der Waals surface area (Å²) in [7, 11) is 3.40. The summed E-state index contributed by atoms with van der Waals surface area (Å²) in [6.07, 6.45) is 3.94. The van der Waals surface area contributed by atoms with E-state index in [1.54, 1.807) is 6.07 Å². The Kier molecular flexibility index (Phi) is 4.42. The van der Waals surface area contributed by atoms with Crippen molar-refractivity contribution in [1.29, 1.82) is 0 Å². The zero-order valence-electron chi connectivity index (χ0n) is 11.6. The standard InChI is InChI=1S/C15H22FNO2/c1-17-12-5-7-15(18,8-6-12)10-11-3-4-14(19-2)13(16)9-11/h3-4,9,12,17-18H,5-8,10H2,1-2H3. The Bertz CT molecular complexity index is 428. The Labute approximate surface area is 113 Å². The van der Waals surface area contributed by atoms with Crippen LogP contribution in [0.25, 0.3) is 0 Å². The van der Waals surface area contributed by atoms with Gasteiger partial charge in [-0.2, -0.15) is 0 Å². The van der Waals surface area contributed by atoms with Crippen molar-refractivity contribution in [3.05, 3.63) is 29.6 Å². The van der Waals surface area contributed by atoms with Gasteiger partial charge in [-0.1, -0.05) is 6.07 Å². The molecule has 3 nitrogen and oxygen atoms in total. The normalized spacial score (nSPS) is 27.3. The number of hydrogen-bond acceptors (Lipinski definition) is 3. The number of halogens is 1. The van der Waals surface area contributed by atoms with Gasteiger partial charge in [0.05, 0.1) is 12.7 Å². The molecule has 2 N–H and O–H groups in total. The lowest BCUT2D eigenvalue weighted by molar-refractivity contribution is -0.00248. The van der Waals surface area contributed by atoms with Crippen molar-refractivity contribution in [2.75, 3.05) is 14.2 Å². The number of ether oxygens (including phenoxy) is 1. The Morgan fingerprint density at radius 2 is 2.11 bits per heavy atom. The summed E-state index contributed by atoms with van der Waals surface area (Å²) in [6.45, 7) is 0. The number of rotatable bonds is 4. The van der Waals surface area contributed by atoms with E-state index in [0.29, 0.717) is 12.5 Å². The molecule has 1 aromatic rings. The smallest absolute Gasteiger partial charge is 0.165 e. The topological polar surface area (TPSA) is 41.5 Å². The molecule has 0 saturated heterocycles.